The summed E-state index contributed by atoms with van der Waals surface area (Å²) in [5.74, 6) is 1.67. The molecule has 164 valence electrons. The maximum atomic E-state index is 11.7. The number of allylic oxidation sites excluding steroid dienone is 1. The van der Waals surface area contributed by atoms with Gasteiger partial charge in [0.15, 0.2) is 6.29 Å². The highest BCUT2D eigenvalue weighted by Gasteiger charge is 2.69. The van der Waals surface area contributed by atoms with Gasteiger partial charge in [-0.25, -0.2) is 0 Å². The SMILES string of the molecule is C[C@@H]1O[C@@H](O)[C@H]2C1=CCC1[C@]3(C)CCC4C(C)(C)CCC[C@]4(C)C3C[C@@H](O)[C@@]12C. The fraction of sp³-hybridized carbons (Fsp3) is 0.923. The number of ether oxygens (including phenoxy) is 1. The van der Waals surface area contributed by atoms with Crippen LogP contribution in [0.3, 0.4) is 0 Å². The third-order valence-electron chi connectivity index (χ3n) is 11.3. The van der Waals surface area contributed by atoms with Crippen LogP contribution in [0.5, 0.6) is 0 Å². The molecule has 3 unspecified atom stereocenters. The molecule has 1 aliphatic heterocycles. The van der Waals surface area contributed by atoms with Crippen molar-refractivity contribution < 1.29 is 14.9 Å². The Morgan fingerprint density at radius 2 is 1.62 bits per heavy atom. The lowest BCUT2D eigenvalue weighted by atomic mass is 9.34. The number of fused-ring (bicyclic) bond motifs is 7. The van der Waals surface area contributed by atoms with E-state index < -0.39 is 6.29 Å². The average molecular weight is 403 g/mol. The van der Waals surface area contributed by atoms with Crippen molar-refractivity contribution in [3.8, 4) is 0 Å². The molecule has 3 nitrogen and oxygen atoms in total. The predicted molar refractivity (Wildman–Crippen MR) is 115 cm³/mol. The zero-order valence-corrected chi connectivity index (χ0v) is 19.4. The molecule has 0 spiro atoms. The Labute approximate surface area is 177 Å². The molecule has 5 rings (SSSR count). The highest BCUT2D eigenvalue weighted by atomic mass is 16.6. The molecule has 0 amide bonds. The minimum atomic E-state index is -0.778. The molecule has 2 N–H and O–H groups in total. The predicted octanol–water partition coefficient (Wildman–Crippen LogP) is 5.31. The zero-order chi connectivity index (χ0) is 21.0. The van der Waals surface area contributed by atoms with E-state index in [1.165, 1.54) is 37.7 Å². The van der Waals surface area contributed by atoms with Gasteiger partial charge in [-0.1, -0.05) is 47.1 Å². The summed E-state index contributed by atoms with van der Waals surface area (Å²) in [6, 6.07) is 0. The summed E-state index contributed by atoms with van der Waals surface area (Å²) in [5.41, 5.74) is 1.88. The quantitative estimate of drug-likeness (QED) is 0.540. The van der Waals surface area contributed by atoms with Gasteiger partial charge in [0.2, 0.25) is 0 Å². The van der Waals surface area contributed by atoms with Gasteiger partial charge < -0.3 is 14.9 Å². The minimum Gasteiger partial charge on any atom is -0.393 e. The van der Waals surface area contributed by atoms with Gasteiger partial charge in [0, 0.05) is 11.3 Å². The lowest BCUT2D eigenvalue weighted by Gasteiger charge is -2.70. The van der Waals surface area contributed by atoms with Crippen LogP contribution >= 0.6 is 0 Å². The molecule has 0 aromatic rings. The minimum absolute atomic E-state index is 0.0297. The summed E-state index contributed by atoms with van der Waals surface area (Å²) < 4.78 is 5.85. The normalized spacial score (nSPS) is 58.5. The van der Waals surface area contributed by atoms with Crippen molar-refractivity contribution in [1.29, 1.82) is 0 Å². The second-order valence-electron chi connectivity index (χ2n) is 12.8. The monoisotopic (exact) mass is 402 g/mol. The van der Waals surface area contributed by atoms with E-state index in [4.69, 9.17) is 4.74 Å². The summed E-state index contributed by atoms with van der Waals surface area (Å²) in [4.78, 5) is 0. The first-order valence-electron chi connectivity index (χ1n) is 12.2. The smallest absolute Gasteiger partial charge is 0.162 e. The number of hydrogen-bond donors (Lipinski definition) is 2. The first-order chi connectivity index (χ1) is 13.5. The molecule has 0 bridgehead atoms. The molecule has 3 saturated carbocycles. The maximum Gasteiger partial charge on any atom is 0.162 e. The molecule has 10 atom stereocenters. The summed E-state index contributed by atoms with van der Waals surface area (Å²) in [6.07, 6.45) is 9.65. The van der Waals surface area contributed by atoms with E-state index in [1.54, 1.807) is 0 Å². The second kappa shape index (κ2) is 6.11. The van der Waals surface area contributed by atoms with Gasteiger partial charge in [0.25, 0.3) is 0 Å². The lowest BCUT2D eigenvalue weighted by Crippen LogP contribution is -2.66. The number of hydrogen-bond acceptors (Lipinski definition) is 3. The van der Waals surface area contributed by atoms with Crippen LogP contribution < -0.4 is 0 Å². The molecule has 3 heteroatoms. The Balaban J connectivity index is 1.59. The van der Waals surface area contributed by atoms with Crippen molar-refractivity contribution in [2.75, 3.05) is 0 Å². The topological polar surface area (TPSA) is 49.7 Å². The van der Waals surface area contributed by atoms with E-state index in [9.17, 15) is 10.2 Å². The molecule has 1 saturated heterocycles. The van der Waals surface area contributed by atoms with Crippen LogP contribution in [0.1, 0.15) is 86.5 Å². The molecule has 1 heterocycles. The van der Waals surface area contributed by atoms with E-state index in [-0.39, 0.29) is 29.0 Å². The third kappa shape index (κ3) is 2.42. The molecule has 29 heavy (non-hydrogen) atoms. The van der Waals surface area contributed by atoms with Crippen LogP contribution in [0.15, 0.2) is 11.6 Å². The molecule has 0 aromatic heterocycles. The highest BCUT2D eigenvalue weighted by molar-refractivity contribution is 5.29. The van der Waals surface area contributed by atoms with Crippen LogP contribution in [0, 0.1) is 45.3 Å². The molecular weight excluding hydrogens is 360 g/mol. The molecule has 5 aliphatic rings. The summed E-state index contributed by atoms with van der Waals surface area (Å²) >= 11 is 0. The highest BCUT2D eigenvalue weighted by Crippen LogP contribution is 2.73. The van der Waals surface area contributed by atoms with Crippen molar-refractivity contribution in [3.63, 3.8) is 0 Å². The Morgan fingerprint density at radius 1 is 0.931 bits per heavy atom. The fourth-order valence-corrected chi connectivity index (χ4v) is 10.0. The van der Waals surface area contributed by atoms with Crippen molar-refractivity contribution in [3.05, 3.63) is 11.6 Å². The van der Waals surface area contributed by atoms with Crippen LogP contribution in [0.2, 0.25) is 0 Å². The van der Waals surface area contributed by atoms with Gasteiger partial charge in [-0.2, -0.15) is 0 Å². The molecule has 0 aromatic carbocycles. The standard InChI is InChI=1S/C26H42O3/c1-15-16-8-9-18-25(5)13-10-17-23(2,3)11-7-12-24(17,4)19(25)14-20(27)26(18,6)21(16)22(28)29-15/h8,15,17-22,27-28H,7,9-14H2,1-6H3/t15-,17?,18?,19?,20+,21+,22+,24-,25-,26+/m0/s1. The van der Waals surface area contributed by atoms with Gasteiger partial charge in [-0.15, -0.1) is 0 Å². The summed E-state index contributed by atoms with van der Waals surface area (Å²) in [7, 11) is 0. The summed E-state index contributed by atoms with van der Waals surface area (Å²) in [5, 5.41) is 22.5. The fourth-order valence-electron chi connectivity index (χ4n) is 10.0. The Hall–Kier alpha value is -0.380. The van der Waals surface area contributed by atoms with E-state index in [2.05, 4.69) is 47.6 Å². The van der Waals surface area contributed by atoms with Crippen molar-refractivity contribution in [2.45, 2.75) is 105 Å². The Morgan fingerprint density at radius 3 is 2.34 bits per heavy atom. The Kier molecular flexibility index (Phi) is 4.32. The van der Waals surface area contributed by atoms with Crippen LogP contribution in [0.25, 0.3) is 0 Å². The van der Waals surface area contributed by atoms with E-state index in [0.29, 0.717) is 22.7 Å². The lowest BCUT2D eigenvalue weighted by molar-refractivity contribution is -0.248. The van der Waals surface area contributed by atoms with Gasteiger partial charge in [0.05, 0.1) is 12.2 Å². The maximum absolute atomic E-state index is 11.7. The van der Waals surface area contributed by atoms with Crippen molar-refractivity contribution in [1.82, 2.24) is 0 Å². The van der Waals surface area contributed by atoms with Crippen molar-refractivity contribution >= 4 is 0 Å². The van der Waals surface area contributed by atoms with E-state index in [1.807, 2.05) is 0 Å². The first kappa shape index (κ1) is 20.5. The zero-order valence-electron chi connectivity index (χ0n) is 19.4. The molecule has 4 aliphatic carbocycles. The first-order valence-corrected chi connectivity index (χ1v) is 12.2. The van der Waals surface area contributed by atoms with Gasteiger partial charge in [-0.3, -0.25) is 0 Å². The van der Waals surface area contributed by atoms with Crippen LogP contribution in [0.4, 0.5) is 0 Å². The number of rotatable bonds is 0. The molecule has 0 radical (unpaired) electrons. The average Bonchev–Trinajstić information content (AvgIpc) is 2.91. The largest absolute Gasteiger partial charge is 0.393 e. The van der Waals surface area contributed by atoms with Crippen LogP contribution in [-0.2, 0) is 4.74 Å². The van der Waals surface area contributed by atoms with E-state index >= 15 is 0 Å². The van der Waals surface area contributed by atoms with Gasteiger partial charge in [0.1, 0.15) is 0 Å². The van der Waals surface area contributed by atoms with Gasteiger partial charge in [-0.05, 0) is 85.0 Å². The molecule has 4 fully saturated rings. The number of aliphatic hydroxyl groups excluding tert-OH is 2. The summed E-state index contributed by atoms with van der Waals surface area (Å²) in [6.45, 7) is 14.4. The number of aliphatic hydroxyl groups is 2. The third-order valence-corrected chi connectivity index (χ3v) is 11.3. The van der Waals surface area contributed by atoms with Gasteiger partial charge >= 0.3 is 0 Å². The van der Waals surface area contributed by atoms with E-state index in [0.717, 1.165) is 18.8 Å². The van der Waals surface area contributed by atoms with Crippen LogP contribution in [-0.4, -0.2) is 28.7 Å². The Bertz CT molecular complexity index is 727. The second-order valence-corrected chi connectivity index (χ2v) is 12.8. The van der Waals surface area contributed by atoms with Crippen molar-refractivity contribution in [2.24, 2.45) is 45.3 Å². The molecular formula is C26H42O3.